The van der Waals surface area contributed by atoms with E-state index in [-0.39, 0.29) is 0 Å². The molecule has 4 heteroatoms. The second-order valence-electron chi connectivity index (χ2n) is 4.10. The number of benzene rings is 2. The van der Waals surface area contributed by atoms with Crippen molar-refractivity contribution in [1.82, 2.24) is 5.32 Å². The monoisotopic (exact) mass is 271 g/mol. The molecule has 0 spiro atoms. The summed E-state index contributed by atoms with van der Waals surface area (Å²) >= 11 is 0. The van der Waals surface area contributed by atoms with Gasteiger partial charge in [0.15, 0.2) is 0 Å². The quantitative estimate of drug-likeness (QED) is 0.840. The van der Waals surface area contributed by atoms with Crippen molar-refractivity contribution in [3.05, 3.63) is 71.3 Å². The standard InChI is InChI=1S/C8H9NO.C8H8O2/c10-7-9-6-8-4-2-1-3-5-8;1-6-4-2-3-5-7(6)8(9)10/h1-5,7H,6H2,(H,9,10);2-5H,1H3,(H,9,10). The molecular weight excluding hydrogens is 254 g/mol. The minimum atomic E-state index is -0.863. The van der Waals surface area contributed by atoms with Crippen LogP contribution < -0.4 is 5.32 Å². The maximum Gasteiger partial charge on any atom is 0.335 e. The van der Waals surface area contributed by atoms with Crippen LogP contribution in [-0.4, -0.2) is 17.5 Å². The summed E-state index contributed by atoms with van der Waals surface area (Å²) in [5.74, 6) is -0.863. The van der Waals surface area contributed by atoms with Crippen molar-refractivity contribution >= 4 is 12.4 Å². The van der Waals surface area contributed by atoms with Crippen molar-refractivity contribution in [3.8, 4) is 0 Å². The summed E-state index contributed by atoms with van der Waals surface area (Å²) in [5, 5.41) is 11.1. The maximum absolute atomic E-state index is 10.4. The SMILES string of the molecule is Cc1ccccc1C(=O)O.O=CNCc1ccccc1. The zero-order valence-corrected chi connectivity index (χ0v) is 11.2. The molecule has 0 atom stereocenters. The molecule has 20 heavy (non-hydrogen) atoms. The highest BCUT2D eigenvalue weighted by atomic mass is 16.4. The average molecular weight is 271 g/mol. The lowest BCUT2D eigenvalue weighted by atomic mass is 10.1. The van der Waals surface area contributed by atoms with Crippen molar-refractivity contribution < 1.29 is 14.7 Å². The number of aromatic carboxylic acids is 1. The molecule has 4 nitrogen and oxygen atoms in total. The summed E-state index contributed by atoms with van der Waals surface area (Å²) < 4.78 is 0. The first-order valence-corrected chi connectivity index (χ1v) is 6.15. The fraction of sp³-hybridized carbons (Fsp3) is 0.125. The van der Waals surface area contributed by atoms with Crippen molar-refractivity contribution in [1.29, 1.82) is 0 Å². The summed E-state index contributed by atoms with van der Waals surface area (Å²) in [6.45, 7) is 2.40. The van der Waals surface area contributed by atoms with Gasteiger partial charge in [-0.1, -0.05) is 48.5 Å². The summed E-state index contributed by atoms with van der Waals surface area (Å²) in [6.07, 6.45) is 0.701. The molecule has 0 aromatic heterocycles. The van der Waals surface area contributed by atoms with Crippen LogP contribution in [0.3, 0.4) is 0 Å². The smallest absolute Gasteiger partial charge is 0.335 e. The van der Waals surface area contributed by atoms with Crippen molar-refractivity contribution in [2.45, 2.75) is 13.5 Å². The lowest BCUT2D eigenvalue weighted by Crippen LogP contribution is -2.09. The molecule has 2 aromatic carbocycles. The van der Waals surface area contributed by atoms with E-state index in [2.05, 4.69) is 5.32 Å². The third-order valence-corrected chi connectivity index (χ3v) is 2.61. The summed E-state index contributed by atoms with van der Waals surface area (Å²) in [7, 11) is 0. The van der Waals surface area contributed by atoms with Gasteiger partial charge in [-0.2, -0.15) is 0 Å². The molecule has 0 aliphatic carbocycles. The first-order chi connectivity index (χ1) is 9.65. The molecule has 104 valence electrons. The van der Waals surface area contributed by atoms with E-state index in [1.807, 2.05) is 36.4 Å². The Kier molecular flexibility index (Phi) is 6.54. The number of hydrogen-bond donors (Lipinski definition) is 2. The van der Waals surface area contributed by atoms with Gasteiger partial charge in [0.25, 0.3) is 0 Å². The molecule has 0 bridgehead atoms. The molecule has 0 saturated carbocycles. The number of rotatable bonds is 4. The zero-order valence-electron chi connectivity index (χ0n) is 11.2. The number of carbonyl (C=O) groups excluding carboxylic acids is 1. The largest absolute Gasteiger partial charge is 0.478 e. The molecule has 0 saturated heterocycles. The first-order valence-electron chi connectivity index (χ1n) is 6.15. The van der Waals surface area contributed by atoms with Gasteiger partial charge >= 0.3 is 5.97 Å². The van der Waals surface area contributed by atoms with Gasteiger partial charge < -0.3 is 10.4 Å². The van der Waals surface area contributed by atoms with Gasteiger partial charge in [-0.05, 0) is 24.1 Å². The molecule has 2 aromatic rings. The minimum absolute atomic E-state index is 0.377. The van der Waals surface area contributed by atoms with E-state index in [9.17, 15) is 9.59 Å². The Bertz CT molecular complexity index is 553. The zero-order chi connectivity index (χ0) is 14.8. The van der Waals surface area contributed by atoms with Crippen LogP contribution in [0.25, 0.3) is 0 Å². The van der Waals surface area contributed by atoms with E-state index in [0.717, 1.165) is 11.1 Å². The second kappa shape index (κ2) is 8.48. The Hall–Kier alpha value is -2.62. The predicted molar refractivity (Wildman–Crippen MR) is 77.5 cm³/mol. The average Bonchev–Trinajstić information content (AvgIpc) is 2.47. The van der Waals surface area contributed by atoms with Crippen molar-refractivity contribution in [3.63, 3.8) is 0 Å². The van der Waals surface area contributed by atoms with Crippen molar-refractivity contribution in [2.24, 2.45) is 0 Å². The Balaban J connectivity index is 0.000000200. The van der Waals surface area contributed by atoms with Gasteiger partial charge in [-0.3, -0.25) is 4.79 Å². The third-order valence-electron chi connectivity index (χ3n) is 2.61. The number of carbonyl (C=O) groups is 2. The highest BCUT2D eigenvalue weighted by Crippen LogP contribution is 2.05. The Morgan fingerprint density at radius 2 is 1.70 bits per heavy atom. The molecule has 0 unspecified atom stereocenters. The fourth-order valence-electron chi connectivity index (χ4n) is 1.57. The molecule has 2 rings (SSSR count). The molecule has 0 aliphatic heterocycles. The van der Waals surface area contributed by atoms with E-state index in [1.54, 1.807) is 25.1 Å². The number of hydrogen-bond acceptors (Lipinski definition) is 2. The number of amides is 1. The van der Waals surface area contributed by atoms with Gasteiger partial charge in [0.2, 0.25) is 6.41 Å². The molecule has 0 radical (unpaired) electrons. The molecule has 0 aliphatic rings. The fourth-order valence-corrected chi connectivity index (χ4v) is 1.57. The van der Waals surface area contributed by atoms with Crippen LogP contribution in [0.5, 0.6) is 0 Å². The van der Waals surface area contributed by atoms with E-state index in [0.29, 0.717) is 18.5 Å². The molecule has 0 heterocycles. The van der Waals surface area contributed by atoms with Crippen LogP contribution in [0.4, 0.5) is 0 Å². The van der Waals surface area contributed by atoms with E-state index in [1.165, 1.54) is 0 Å². The maximum atomic E-state index is 10.4. The Morgan fingerprint density at radius 3 is 2.20 bits per heavy atom. The number of carboxylic acids is 1. The minimum Gasteiger partial charge on any atom is -0.478 e. The van der Waals surface area contributed by atoms with Crippen LogP contribution in [-0.2, 0) is 11.3 Å². The van der Waals surface area contributed by atoms with Crippen LogP contribution in [0.2, 0.25) is 0 Å². The van der Waals surface area contributed by atoms with Crippen molar-refractivity contribution in [2.75, 3.05) is 0 Å². The van der Waals surface area contributed by atoms with Gasteiger partial charge in [-0.25, -0.2) is 4.79 Å². The van der Waals surface area contributed by atoms with E-state index >= 15 is 0 Å². The third kappa shape index (κ3) is 5.35. The van der Waals surface area contributed by atoms with Crippen LogP contribution in [0.1, 0.15) is 21.5 Å². The molecule has 2 N–H and O–H groups in total. The number of carboxylic acid groups (broad SMARTS) is 1. The van der Waals surface area contributed by atoms with Gasteiger partial charge in [0.05, 0.1) is 5.56 Å². The second-order valence-corrected chi connectivity index (χ2v) is 4.10. The lowest BCUT2D eigenvalue weighted by molar-refractivity contribution is -0.109. The number of aryl methyl sites for hydroxylation is 1. The number of nitrogens with one attached hydrogen (secondary N) is 1. The Morgan fingerprint density at radius 1 is 1.10 bits per heavy atom. The summed E-state index contributed by atoms with van der Waals surface area (Å²) in [5.41, 5.74) is 2.30. The van der Waals surface area contributed by atoms with Gasteiger partial charge in [0, 0.05) is 6.54 Å². The highest BCUT2D eigenvalue weighted by Gasteiger charge is 2.02. The van der Waals surface area contributed by atoms with Crippen LogP contribution >= 0.6 is 0 Å². The summed E-state index contributed by atoms with van der Waals surface area (Å²) in [6, 6.07) is 16.7. The molecule has 1 amide bonds. The summed E-state index contributed by atoms with van der Waals surface area (Å²) in [4.78, 5) is 20.3. The predicted octanol–water partition coefficient (Wildman–Crippen LogP) is 2.63. The topological polar surface area (TPSA) is 66.4 Å². The lowest BCUT2D eigenvalue weighted by Gasteiger charge is -1.96. The van der Waals surface area contributed by atoms with E-state index in [4.69, 9.17) is 5.11 Å². The highest BCUT2D eigenvalue weighted by molar-refractivity contribution is 5.89. The Labute approximate surface area is 118 Å². The first kappa shape index (κ1) is 15.4. The molecule has 0 fully saturated rings. The van der Waals surface area contributed by atoms with Crippen LogP contribution in [0, 0.1) is 6.92 Å². The van der Waals surface area contributed by atoms with E-state index < -0.39 is 5.97 Å². The normalized spacial score (nSPS) is 9.05. The van der Waals surface area contributed by atoms with Gasteiger partial charge in [-0.15, -0.1) is 0 Å². The van der Waals surface area contributed by atoms with Gasteiger partial charge in [0.1, 0.15) is 0 Å². The van der Waals surface area contributed by atoms with Crippen LogP contribution in [0.15, 0.2) is 54.6 Å². The molecular formula is C16H17NO3.